The summed E-state index contributed by atoms with van der Waals surface area (Å²) in [5.41, 5.74) is 5.12. The van der Waals surface area contributed by atoms with Crippen molar-refractivity contribution in [3.63, 3.8) is 0 Å². The van der Waals surface area contributed by atoms with Gasteiger partial charge in [-0.05, 0) is 0 Å². The van der Waals surface area contributed by atoms with E-state index in [4.69, 9.17) is 15.2 Å². The van der Waals surface area contributed by atoms with E-state index < -0.39 is 0 Å². The van der Waals surface area contributed by atoms with Crippen LogP contribution >= 0.6 is 0 Å². The standard InChI is InChI=1S/C8H11N3O3/c9-6-7(12)10-4-11-8(6)14-5-1-2-13-3-5/h4-5H,1-3,9H2,(H,10,11,12). The van der Waals surface area contributed by atoms with Crippen molar-refractivity contribution in [2.24, 2.45) is 0 Å². The molecule has 0 aliphatic carbocycles. The van der Waals surface area contributed by atoms with E-state index in [1.807, 2.05) is 0 Å². The van der Waals surface area contributed by atoms with Crippen LogP contribution in [-0.2, 0) is 4.74 Å². The Morgan fingerprint density at radius 2 is 2.57 bits per heavy atom. The highest BCUT2D eigenvalue weighted by atomic mass is 16.5. The van der Waals surface area contributed by atoms with Gasteiger partial charge in [-0.3, -0.25) is 4.79 Å². The van der Waals surface area contributed by atoms with Crippen LogP contribution < -0.4 is 16.0 Å². The zero-order valence-electron chi connectivity index (χ0n) is 7.53. The molecule has 1 aliphatic rings. The molecule has 1 saturated heterocycles. The van der Waals surface area contributed by atoms with Gasteiger partial charge in [0.15, 0.2) is 5.69 Å². The van der Waals surface area contributed by atoms with Crippen molar-refractivity contribution in [2.75, 3.05) is 18.9 Å². The van der Waals surface area contributed by atoms with Crippen LogP contribution in [0.5, 0.6) is 5.88 Å². The van der Waals surface area contributed by atoms with Crippen molar-refractivity contribution in [1.82, 2.24) is 9.97 Å². The second-order valence-corrected chi connectivity index (χ2v) is 3.05. The molecule has 6 heteroatoms. The molecule has 1 atom stereocenters. The number of nitrogens with two attached hydrogens (primary N) is 1. The molecule has 0 radical (unpaired) electrons. The molecule has 3 N–H and O–H groups in total. The highest BCUT2D eigenvalue weighted by Gasteiger charge is 2.19. The maximum absolute atomic E-state index is 11.1. The van der Waals surface area contributed by atoms with Gasteiger partial charge in [-0.25, -0.2) is 4.98 Å². The first kappa shape index (κ1) is 9.01. The number of nitrogens with one attached hydrogen (secondary N) is 1. The van der Waals surface area contributed by atoms with Gasteiger partial charge < -0.3 is 20.2 Å². The lowest BCUT2D eigenvalue weighted by Crippen LogP contribution is -2.21. The number of aromatic nitrogens is 2. The summed E-state index contributed by atoms with van der Waals surface area (Å²) in [6.07, 6.45) is 2.02. The number of anilines is 1. The number of nitrogens with zero attached hydrogens (tertiary/aromatic N) is 1. The highest BCUT2D eigenvalue weighted by Crippen LogP contribution is 2.16. The van der Waals surface area contributed by atoms with Gasteiger partial charge in [-0.1, -0.05) is 0 Å². The fourth-order valence-corrected chi connectivity index (χ4v) is 1.25. The summed E-state index contributed by atoms with van der Waals surface area (Å²) in [5.74, 6) is 0.184. The number of hydrogen-bond donors (Lipinski definition) is 2. The quantitative estimate of drug-likeness (QED) is 0.668. The van der Waals surface area contributed by atoms with Gasteiger partial charge in [-0.2, -0.15) is 0 Å². The van der Waals surface area contributed by atoms with Crippen LogP contribution in [-0.4, -0.2) is 29.3 Å². The lowest BCUT2D eigenvalue weighted by Gasteiger charge is -2.11. The third-order valence-electron chi connectivity index (χ3n) is 2.02. The van der Waals surface area contributed by atoms with E-state index in [9.17, 15) is 4.79 Å². The Balaban J connectivity index is 2.15. The summed E-state index contributed by atoms with van der Waals surface area (Å²) in [6.45, 7) is 1.20. The molecule has 0 saturated carbocycles. The molecule has 1 aromatic rings. The molecule has 1 fully saturated rings. The average molecular weight is 197 g/mol. The summed E-state index contributed by atoms with van der Waals surface area (Å²) in [5, 5.41) is 0. The van der Waals surface area contributed by atoms with Gasteiger partial charge in [0.1, 0.15) is 6.10 Å². The zero-order chi connectivity index (χ0) is 9.97. The molecule has 76 valence electrons. The van der Waals surface area contributed by atoms with Gasteiger partial charge in [0.05, 0.1) is 19.5 Å². The normalized spacial score (nSPS) is 21.0. The first-order valence-electron chi connectivity index (χ1n) is 4.35. The topological polar surface area (TPSA) is 90.2 Å². The van der Waals surface area contributed by atoms with Crippen LogP contribution in [0.4, 0.5) is 5.69 Å². The number of ether oxygens (including phenoxy) is 2. The predicted octanol–water partition coefficient (Wildman–Crippen LogP) is -0.480. The third kappa shape index (κ3) is 1.69. The molecule has 14 heavy (non-hydrogen) atoms. The minimum Gasteiger partial charge on any atom is -0.470 e. The van der Waals surface area contributed by atoms with Gasteiger partial charge in [0.25, 0.3) is 5.56 Å². The van der Waals surface area contributed by atoms with Gasteiger partial charge >= 0.3 is 0 Å². The second kappa shape index (κ2) is 3.67. The van der Waals surface area contributed by atoms with Crippen molar-refractivity contribution < 1.29 is 9.47 Å². The Kier molecular flexibility index (Phi) is 2.36. The minimum absolute atomic E-state index is 0.0133. The van der Waals surface area contributed by atoms with Gasteiger partial charge in [0.2, 0.25) is 5.88 Å². The predicted molar refractivity (Wildman–Crippen MR) is 49.1 cm³/mol. The zero-order valence-corrected chi connectivity index (χ0v) is 7.53. The lowest BCUT2D eigenvalue weighted by atomic mass is 10.3. The van der Waals surface area contributed by atoms with Gasteiger partial charge in [-0.15, -0.1) is 0 Å². The summed E-state index contributed by atoms with van der Waals surface area (Å²) in [4.78, 5) is 17.3. The van der Waals surface area contributed by atoms with E-state index in [1.54, 1.807) is 0 Å². The maximum atomic E-state index is 11.1. The SMILES string of the molecule is Nc1c(OC2CCOC2)nc[nH]c1=O. The number of nitrogen functional groups attached to an aromatic ring is 1. The number of H-pyrrole nitrogens is 1. The van der Waals surface area contributed by atoms with Crippen molar-refractivity contribution in [1.29, 1.82) is 0 Å². The van der Waals surface area contributed by atoms with E-state index in [2.05, 4.69) is 9.97 Å². The highest BCUT2D eigenvalue weighted by molar-refractivity contribution is 5.44. The molecule has 1 unspecified atom stereocenters. The number of hydrogen-bond acceptors (Lipinski definition) is 5. The number of rotatable bonds is 2. The van der Waals surface area contributed by atoms with Crippen molar-refractivity contribution in [3.8, 4) is 5.88 Å². The molecular weight excluding hydrogens is 186 g/mol. The molecule has 2 rings (SSSR count). The Morgan fingerprint density at radius 3 is 3.29 bits per heavy atom. The van der Waals surface area contributed by atoms with Crippen molar-refractivity contribution in [2.45, 2.75) is 12.5 Å². The Labute approximate surface area is 80.1 Å². The van der Waals surface area contributed by atoms with Crippen LogP contribution in [0.1, 0.15) is 6.42 Å². The molecule has 1 aliphatic heterocycles. The minimum atomic E-state index is -0.381. The number of aromatic amines is 1. The van der Waals surface area contributed by atoms with Crippen molar-refractivity contribution >= 4 is 5.69 Å². The van der Waals surface area contributed by atoms with Crippen LogP contribution in [0, 0.1) is 0 Å². The third-order valence-corrected chi connectivity index (χ3v) is 2.02. The van der Waals surface area contributed by atoms with E-state index >= 15 is 0 Å². The smallest absolute Gasteiger partial charge is 0.277 e. The van der Waals surface area contributed by atoms with E-state index in [0.717, 1.165) is 6.42 Å². The molecular formula is C8H11N3O3. The molecule has 2 heterocycles. The molecule has 0 spiro atoms. The van der Waals surface area contributed by atoms with Crippen LogP contribution in [0.25, 0.3) is 0 Å². The van der Waals surface area contributed by atoms with Crippen molar-refractivity contribution in [3.05, 3.63) is 16.7 Å². The van der Waals surface area contributed by atoms with Gasteiger partial charge in [0, 0.05) is 6.42 Å². The van der Waals surface area contributed by atoms with E-state index in [1.165, 1.54) is 6.33 Å². The van der Waals surface area contributed by atoms with E-state index in [0.29, 0.717) is 13.2 Å². The lowest BCUT2D eigenvalue weighted by molar-refractivity contribution is 0.138. The Morgan fingerprint density at radius 1 is 1.71 bits per heavy atom. The Hall–Kier alpha value is -1.56. The first-order valence-corrected chi connectivity index (χ1v) is 4.35. The monoisotopic (exact) mass is 197 g/mol. The molecule has 0 amide bonds. The molecule has 0 aromatic carbocycles. The van der Waals surface area contributed by atoms with Crippen LogP contribution in [0.2, 0.25) is 0 Å². The summed E-state index contributed by atoms with van der Waals surface area (Å²) >= 11 is 0. The fraction of sp³-hybridized carbons (Fsp3) is 0.500. The summed E-state index contributed by atoms with van der Waals surface area (Å²) in [6, 6.07) is 0. The molecule has 6 nitrogen and oxygen atoms in total. The average Bonchev–Trinajstić information content (AvgIpc) is 2.66. The summed E-state index contributed by atoms with van der Waals surface area (Å²) in [7, 11) is 0. The molecule has 0 bridgehead atoms. The maximum Gasteiger partial charge on any atom is 0.277 e. The van der Waals surface area contributed by atoms with E-state index in [-0.39, 0.29) is 23.2 Å². The fourth-order valence-electron chi connectivity index (χ4n) is 1.25. The summed E-state index contributed by atoms with van der Waals surface area (Å²) < 4.78 is 10.5. The molecule has 1 aromatic heterocycles. The Bertz CT molecular complexity index is 370. The largest absolute Gasteiger partial charge is 0.470 e. The van der Waals surface area contributed by atoms with Crippen LogP contribution in [0.3, 0.4) is 0 Å². The second-order valence-electron chi connectivity index (χ2n) is 3.05. The first-order chi connectivity index (χ1) is 6.77. The van der Waals surface area contributed by atoms with Crippen LogP contribution in [0.15, 0.2) is 11.1 Å².